The minimum absolute atomic E-state index is 0.0291. The maximum Gasteiger partial charge on any atom is 0.132 e. The molecule has 20 heavy (non-hydrogen) atoms. The maximum atomic E-state index is 14.4. The Balaban J connectivity index is 1.74. The molecule has 4 rings (SSSR count). The highest BCUT2D eigenvalue weighted by molar-refractivity contribution is 5.85. The van der Waals surface area contributed by atoms with Gasteiger partial charge in [0.1, 0.15) is 5.82 Å². The summed E-state index contributed by atoms with van der Waals surface area (Å²) >= 11 is 0. The molecular weight excluding hydrogens is 251 g/mol. The summed E-state index contributed by atoms with van der Waals surface area (Å²) < 4.78 is 37.6. The largest absolute Gasteiger partial charge is 0.358 e. The van der Waals surface area contributed by atoms with Crippen LogP contribution in [0, 0.1) is 5.82 Å². The second-order valence-electron chi connectivity index (χ2n) is 6.15. The van der Waals surface area contributed by atoms with Gasteiger partial charge >= 0.3 is 0 Å². The molecule has 0 bridgehead atoms. The Hall–Kier alpha value is -1.35. The van der Waals surface area contributed by atoms with Gasteiger partial charge in [-0.3, -0.25) is 0 Å². The fourth-order valence-electron chi connectivity index (χ4n) is 3.51. The van der Waals surface area contributed by atoms with Crippen LogP contribution < -0.4 is 0 Å². The van der Waals surface area contributed by atoms with Crippen molar-refractivity contribution < 1.29 is 8.50 Å². The van der Waals surface area contributed by atoms with E-state index in [1.54, 1.807) is 11.0 Å². The smallest absolute Gasteiger partial charge is 0.132 e. The molecule has 2 nitrogen and oxygen atoms in total. The molecule has 2 heterocycles. The number of hydrogen-bond donors (Lipinski definition) is 1. The van der Waals surface area contributed by atoms with Gasteiger partial charge in [-0.2, -0.15) is 0 Å². The maximum absolute atomic E-state index is 14.4. The lowest BCUT2D eigenvalue weighted by atomic mass is 9.99. The number of likely N-dealkylation sites (N-methyl/N-ethyl adjacent to an activating group) is 1. The Kier molecular flexibility index (Phi) is 2.19. The third kappa shape index (κ3) is 1.96. The van der Waals surface area contributed by atoms with Gasteiger partial charge in [0.25, 0.3) is 0 Å². The Labute approximate surface area is 123 Å². The molecule has 0 radical (unpaired) electrons. The zero-order valence-corrected chi connectivity index (χ0v) is 11.5. The van der Waals surface area contributed by atoms with E-state index in [0.717, 1.165) is 42.5 Å². The third-order valence-corrected chi connectivity index (χ3v) is 4.71. The van der Waals surface area contributed by atoms with Crippen LogP contribution in [0.25, 0.3) is 10.9 Å². The van der Waals surface area contributed by atoms with E-state index in [9.17, 15) is 4.39 Å². The van der Waals surface area contributed by atoms with Gasteiger partial charge in [0.2, 0.25) is 0 Å². The first-order valence-electron chi connectivity index (χ1n) is 9.01. The molecule has 1 saturated carbocycles. The average Bonchev–Trinajstić information content (AvgIpc) is 3.08. The summed E-state index contributed by atoms with van der Waals surface area (Å²) in [5.41, 5.74) is 2.96. The summed E-state index contributed by atoms with van der Waals surface area (Å²) in [5, 5.41) is 0.659. The van der Waals surface area contributed by atoms with Gasteiger partial charge in [0.05, 0.1) is 0 Å². The highest BCUT2D eigenvalue weighted by atomic mass is 19.1. The normalized spacial score (nSPS) is 26.6. The molecule has 0 unspecified atom stereocenters. The number of aromatic nitrogens is 1. The topological polar surface area (TPSA) is 19.0 Å². The molecule has 1 saturated heterocycles. The minimum Gasteiger partial charge on any atom is -0.358 e. The predicted molar refractivity (Wildman–Crippen MR) is 79.6 cm³/mol. The van der Waals surface area contributed by atoms with Crippen molar-refractivity contribution in [3.63, 3.8) is 0 Å². The predicted octanol–water partition coefficient (Wildman–Crippen LogP) is 3.82. The van der Waals surface area contributed by atoms with Gasteiger partial charge in [0.15, 0.2) is 0 Å². The quantitative estimate of drug-likeness (QED) is 0.902. The lowest BCUT2D eigenvalue weighted by Crippen LogP contribution is -2.27. The van der Waals surface area contributed by atoms with Gasteiger partial charge in [-0.15, -0.1) is 0 Å². The summed E-state index contributed by atoms with van der Waals surface area (Å²) in [6.45, 7) is -1.46. The van der Waals surface area contributed by atoms with E-state index in [2.05, 4.69) is 4.98 Å². The lowest BCUT2D eigenvalue weighted by molar-refractivity contribution is 0.309. The number of likely N-dealkylation sites (tertiary alicyclic amines) is 1. The summed E-state index contributed by atoms with van der Waals surface area (Å²) in [5.74, 6) is 0.276. The van der Waals surface area contributed by atoms with Crippen molar-refractivity contribution in [1.29, 1.82) is 0 Å². The van der Waals surface area contributed by atoms with Crippen molar-refractivity contribution in [3.8, 4) is 0 Å². The van der Waals surface area contributed by atoms with Crippen LogP contribution in [-0.2, 0) is 6.42 Å². The molecule has 2 aliphatic rings. The van der Waals surface area contributed by atoms with Crippen LogP contribution in [0.3, 0.4) is 0 Å². The van der Waals surface area contributed by atoms with E-state index in [4.69, 9.17) is 4.11 Å². The number of fused-ring (bicyclic) bond motifs is 1. The van der Waals surface area contributed by atoms with Crippen molar-refractivity contribution in [3.05, 3.63) is 35.3 Å². The first-order valence-corrected chi connectivity index (χ1v) is 7.51. The zero-order valence-electron chi connectivity index (χ0n) is 14.5. The molecular formula is C17H21FN2. The monoisotopic (exact) mass is 275 g/mol. The van der Waals surface area contributed by atoms with E-state index in [0.29, 0.717) is 24.3 Å². The van der Waals surface area contributed by atoms with Crippen molar-refractivity contribution >= 4 is 10.9 Å². The van der Waals surface area contributed by atoms with Crippen molar-refractivity contribution in [2.45, 2.75) is 44.1 Å². The first kappa shape index (κ1) is 9.56. The fourth-order valence-corrected chi connectivity index (χ4v) is 3.51. The van der Waals surface area contributed by atoms with Gasteiger partial charge in [-0.1, -0.05) is 6.07 Å². The standard InChI is InChI=1S/C17H21FN2/c1-20-9-3-4-12(20)10-13-16-14(18)5-2-6-15(16)19-17(13)11-7-8-11/h2,5-6,11-12,19H,3-4,7-10H2,1H3/t12-/m1/s1/i1D3. The molecule has 1 aromatic heterocycles. The number of nitrogens with one attached hydrogen (secondary N) is 1. The third-order valence-electron chi connectivity index (χ3n) is 4.71. The van der Waals surface area contributed by atoms with Crippen molar-refractivity contribution in [2.24, 2.45) is 0 Å². The number of nitrogens with zero attached hydrogens (tertiary/aromatic N) is 1. The van der Waals surface area contributed by atoms with E-state index in [-0.39, 0.29) is 11.9 Å². The minimum atomic E-state index is -2.06. The second-order valence-corrected chi connectivity index (χ2v) is 6.15. The Bertz CT molecular complexity index is 733. The molecule has 2 aromatic rings. The van der Waals surface area contributed by atoms with Crippen molar-refractivity contribution in [1.82, 2.24) is 9.88 Å². The highest BCUT2D eigenvalue weighted by Crippen LogP contribution is 2.44. The number of benzene rings is 1. The van der Waals surface area contributed by atoms with Gasteiger partial charge in [0, 0.05) is 26.8 Å². The average molecular weight is 275 g/mol. The van der Waals surface area contributed by atoms with Gasteiger partial charge in [-0.25, -0.2) is 4.39 Å². The molecule has 1 aliphatic carbocycles. The summed E-state index contributed by atoms with van der Waals surface area (Å²) in [6.07, 6.45) is 4.64. The number of H-pyrrole nitrogens is 1. The lowest BCUT2D eigenvalue weighted by Gasteiger charge is -2.20. The Morgan fingerprint density at radius 1 is 1.40 bits per heavy atom. The molecule has 2 fully saturated rings. The van der Waals surface area contributed by atoms with E-state index in [1.807, 2.05) is 6.07 Å². The molecule has 1 atom stereocenters. The van der Waals surface area contributed by atoms with Crippen LogP contribution in [0.15, 0.2) is 18.2 Å². The molecule has 106 valence electrons. The van der Waals surface area contributed by atoms with Crippen molar-refractivity contribution in [2.75, 3.05) is 13.5 Å². The highest BCUT2D eigenvalue weighted by Gasteiger charge is 2.31. The van der Waals surface area contributed by atoms with Crippen LogP contribution >= 0.6 is 0 Å². The second kappa shape index (κ2) is 4.59. The molecule has 1 aromatic carbocycles. The van der Waals surface area contributed by atoms with Crippen LogP contribution in [0.4, 0.5) is 4.39 Å². The van der Waals surface area contributed by atoms with E-state index in [1.165, 1.54) is 6.07 Å². The zero-order chi connectivity index (χ0) is 16.2. The van der Waals surface area contributed by atoms with Gasteiger partial charge in [-0.05, 0) is 69.2 Å². The summed E-state index contributed by atoms with van der Waals surface area (Å²) in [4.78, 5) is 5.01. The Morgan fingerprint density at radius 2 is 2.30 bits per heavy atom. The molecule has 3 heteroatoms. The summed E-state index contributed by atoms with van der Waals surface area (Å²) in [6, 6.07) is 5.09. The van der Waals surface area contributed by atoms with Crippen LogP contribution in [-0.4, -0.2) is 29.4 Å². The van der Waals surface area contributed by atoms with Crippen LogP contribution in [0.2, 0.25) is 0 Å². The molecule has 0 amide bonds. The first-order chi connectivity index (χ1) is 10.9. The molecule has 1 aliphatic heterocycles. The Morgan fingerprint density at radius 3 is 3.10 bits per heavy atom. The fraction of sp³-hybridized carbons (Fsp3) is 0.529. The van der Waals surface area contributed by atoms with Crippen LogP contribution in [0.1, 0.15) is 47.0 Å². The molecule has 0 spiro atoms. The van der Waals surface area contributed by atoms with Gasteiger partial charge < -0.3 is 9.88 Å². The van der Waals surface area contributed by atoms with Crippen LogP contribution in [0.5, 0.6) is 0 Å². The van der Waals surface area contributed by atoms with E-state index >= 15 is 0 Å². The number of halogens is 1. The number of hydrogen-bond acceptors (Lipinski definition) is 1. The SMILES string of the molecule is [2H]C([2H])([2H])N1CCC[C@@H]1Cc1c(C2CC2)[nH]c2cccc(F)c12. The number of rotatable bonds is 3. The molecule has 1 N–H and O–H groups in total. The summed E-state index contributed by atoms with van der Waals surface area (Å²) in [7, 11) is 0. The van der Waals surface area contributed by atoms with E-state index < -0.39 is 6.98 Å². The number of aromatic amines is 1.